The van der Waals surface area contributed by atoms with Crippen molar-refractivity contribution in [3.05, 3.63) is 0 Å². The van der Waals surface area contributed by atoms with E-state index in [4.69, 9.17) is 4.74 Å². The lowest BCUT2D eigenvalue weighted by Crippen LogP contribution is -2.48. The summed E-state index contributed by atoms with van der Waals surface area (Å²) in [6.45, 7) is 10.8. The standard InChI is InChI=1S/C15H28N2O3/c1-6-11(2)13(18)16-12-7-9-17(10-8-12)14(19)20-15(3,4)5/h11-12H,6-10H2,1-5H3,(H,16,18). The highest BCUT2D eigenvalue weighted by atomic mass is 16.6. The molecule has 0 aliphatic carbocycles. The number of rotatable bonds is 3. The van der Waals surface area contributed by atoms with E-state index >= 15 is 0 Å². The molecule has 20 heavy (non-hydrogen) atoms. The highest BCUT2D eigenvalue weighted by Crippen LogP contribution is 2.16. The molecule has 0 aromatic carbocycles. The second kappa shape index (κ2) is 6.95. The first-order valence-electron chi connectivity index (χ1n) is 7.51. The molecule has 1 rings (SSSR count). The summed E-state index contributed by atoms with van der Waals surface area (Å²) in [4.78, 5) is 25.5. The summed E-state index contributed by atoms with van der Waals surface area (Å²) in [5.41, 5.74) is -0.460. The number of carbonyl (C=O) groups is 2. The maximum absolute atomic E-state index is 11.9. The number of hydrogen-bond acceptors (Lipinski definition) is 3. The molecule has 1 saturated heterocycles. The van der Waals surface area contributed by atoms with E-state index in [0.717, 1.165) is 19.3 Å². The Morgan fingerprint density at radius 3 is 2.30 bits per heavy atom. The zero-order valence-corrected chi connectivity index (χ0v) is 13.4. The van der Waals surface area contributed by atoms with E-state index in [-0.39, 0.29) is 24.0 Å². The predicted molar refractivity (Wildman–Crippen MR) is 78.4 cm³/mol. The van der Waals surface area contributed by atoms with Crippen LogP contribution in [-0.2, 0) is 9.53 Å². The van der Waals surface area contributed by atoms with Crippen LogP contribution in [0.25, 0.3) is 0 Å². The molecule has 2 amide bonds. The summed E-state index contributed by atoms with van der Waals surface area (Å²) < 4.78 is 5.35. The quantitative estimate of drug-likeness (QED) is 0.866. The Hall–Kier alpha value is -1.26. The third-order valence-electron chi connectivity index (χ3n) is 3.55. The highest BCUT2D eigenvalue weighted by Gasteiger charge is 2.27. The van der Waals surface area contributed by atoms with E-state index in [1.54, 1.807) is 4.90 Å². The van der Waals surface area contributed by atoms with E-state index in [1.165, 1.54) is 0 Å². The van der Waals surface area contributed by atoms with Crippen LogP contribution in [0.4, 0.5) is 4.79 Å². The molecule has 1 heterocycles. The van der Waals surface area contributed by atoms with Gasteiger partial charge in [0.1, 0.15) is 5.60 Å². The van der Waals surface area contributed by atoms with Gasteiger partial charge in [0.25, 0.3) is 0 Å². The van der Waals surface area contributed by atoms with Gasteiger partial charge in [0, 0.05) is 25.0 Å². The van der Waals surface area contributed by atoms with E-state index < -0.39 is 5.60 Å². The Bertz CT molecular complexity index is 342. The highest BCUT2D eigenvalue weighted by molar-refractivity contribution is 5.78. The van der Waals surface area contributed by atoms with Crippen LogP contribution < -0.4 is 5.32 Å². The predicted octanol–water partition coefficient (Wildman–Crippen LogP) is 2.55. The van der Waals surface area contributed by atoms with Crippen LogP contribution in [0.5, 0.6) is 0 Å². The number of likely N-dealkylation sites (tertiary alicyclic amines) is 1. The minimum Gasteiger partial charge on any atom is -0.444 e. The van der Waals surface area contributed by atoms with Crippen LogP contribution >= 0.6 is 0 Å². The fourth-order valence-electron chi connectivity index (χ4n) is 2.06. The van der Waals surface area contributed by atoms with Crippen molar-refractivity contribution in [1.82, 2.24) is 10.2 Å². The summed E-state index contributed by atoms with van der Waals surface area (Å²) >= 11 is 0. The van der Waals surface area contributed by atoms with Gasteiger partial charge in [-0.3, -0.25) is 4.79 Å². The summed E-state index contributed by atoms with van der Waals surface area (Å²) in [6.07, 6.45) is 2.18. The maximum atomic E-state index is 11.9. The van der Waals surface area contributed by atoms with Crippen LogP contribution in [0.1, 0.15) is 53.9 Å². The van der Waals surface area contributed by atoms with Crippen molar-refractivity contribution in [2.75, 3.05) is 13.1 Å². The molecule has 5 nitrogen and oxygen atoms in total. The van der Waals surface area contributed by atoms with Gasteiger partial charge in [-0.1, -0.05) is 13.8 Å². The smallest absolute Gasteiger partial charge is 0.410 e. The Morgan fingerprint density at radius 1 is 1.30 bits per heavy atom. The van der Waals surface area contributed by atoms with Crippen molar-refractivity contribution < 1.29 is 14.3 Å². The lowest BCUT2D eigenvalue weighted by molar-refractivity contribution is -0.125. The third kappa shape index (κ3) is 5.39. The molecule has 0 saturated carbocycles. The Kier molecular flexibility index (Phi) is 5.84. The van der Waals surface area contributed by atoms with Crippen LogP contribution in [0.3, 0.4) is 0 Å². The summed E-state index contributed by atoms with van der Waals surface area (Å²) in [6, 6.07) is 0.176. The van der Waals surface area contributed by atoms with Crippen molar-refractivity contribution in [1.29, 1.82) is 0 Å². The van der Waals surface area contributed by atoms with Gasteiger partial charge in [-0.2, -0.15) is 0 Å². The van der Waals surface area contributed by atoms with Crippen LogP contribution in [0.15, 0.2) is 0 Å². The molecule has 116 valence electrons. The lowest BCUT2D eigenvalue weighted by Gasteiger charge is -2.34. The normalized spacial score (nSPS) is 18.6. The van der Waals surface area contributed by atoms with E-state index in [9.17, 15) is 9.59 Å². The molecule has 1 N–H and O–H groups in total. The number of hydrogen-bond donors (Lipinski definition) is 1. The van der Waals surface area contributed by atoms with Crippen molar-refractivity contribution in [2.45, 2.75) is 65.5 Å². The van der Waals surface area contributed by atoms with Gasteiger partial charge in [0.2, 0.25) is 5.91 Å². The fraction of sp³-hybridized carbons (Fsp3) is 0.867. The van der Waals surface area contributed by atoms with Gasteiger partial charge in [0.15, 0.2) is 0 Å². The van der Waals surface area contributed by atoms with Gasteiger partial charge in [-0.05, 0) is 40.0 Å². The first-order valence-corrected chi connectivity index (χ1v) is 7.51. The molecule has 0 aromatic rings. The number of ether oxygens (including phenoxy) is 1. The Balaban J connectivity index is 2.37. The first kappa shape index (κ1) is 16.8. The maximum Gasteiger partial charge on any atom is 0.410 e. The zero-order chi connectivity index (χ0) is 15.3. The average molecular weight is 284 g/mol. The van der Waals surface area contributed by atoms with Crippen LogP contribution in [0, 0.1) is 5.92 Å². The summed E-state index contributed by atoms with van der Waals surface area (Å²) in [5.74, 6) is 0.169. The number of nitrogens with one attached hydrogen (secondary N) is 1. The molecular formula is C15H28N2O3. The molecule has 0 bridgehead atoms. The molecule has 5 heteroatoms. The molecule has 0 radical (unpaired) electrons. The Labute approximate surface area is 122 Å². The van der Waals surface area contributed by atoms with E-state index in [1.807, 2.05) is 34.6 Å². The number of carbonyl (C=O) groups excluding carboxylic acids is 2. The largest absolute Gasteiger partial charge is 0.444 e. The zero-order valence-electron chi connectivity index (χ0n) is 13.4. The first-order chi connectivity index (χ1) is 9.23. The molecule has 1 aliphatic rings. The van der Waals surface area contributed by atoms with Crippen molar-refractivity contribution in [3.8, 4) is 0 Å². The molecule has 0 spiro atoms. The minimum atomic E-state index is -0.460. The molecule has 1 fully saturated rings. The molecule has 1 atom stereocenters. The number of nitrogens with zero attached hydrogens (tertiary/aromatic N) is 1. The third-order valence-corrected chi connectivity index (χ3v) is 3.55. The minimum absolute atomic E-state index is 0.0545. The lowest BCUT2D eigenvalue weighted by atomic mass is 10.0. The van der Waals surface area contributed by atoms with Gasteiger partial charge in [0.05, 0.1) is 0 Å². The molecular weight excluding hydrogens is 256 g/mol. The second-order valence-electron chi connectivity index (χ2n) is 6.56. The number of piperidine rings is 1. The van der Waals surface area contributed by atoms with Gasteiger partial charge in [-0.25, -0.2) is 4.79 Å². The summed E-state index contributed by atoms with van der Waals surface area (Å²) in [7, 11) is 0. The topological polar surface area (TPSA) is 58.6 Å². The monoisotopic (exact) mass is 284 g/mol. The van der Waals surface area contributed by atoms with Gasteiger partial charge in [-0.15, -0.1) is 0 Å². The molecule has 1 unspecified atom stereocenters. The van der Waals surface area contributed by atoms with Gasteiger partial charge >= 0.3 is 6.09 Å². The van der Waals surface area contributed by atoms with Crippen LogP contribution in [0.2, 0.25) is 0 Å². The molecule has 0 aromatic heterocycles. The molecule has 1 aliphatic heterocycles. The number of amides is 2. The van der Waals surface area contributed by atoms with Crippen molar-refractivity contribution in [3.63, 3.8) is 0 Å². The van der Waals surface area contributed by atoms with Crippen LogP contribution in [-0.4, -0.2) is 41.6 Å². The second-order valence-corrected chi connectivity index (χ2v) is 6.56. The summed E-state index contributed by atoms with van der Waals surface area (Å²) in [5, 5.41) is 3.06. The SMILES string of the molecule is CCC(C)C(=O)NC1CCN(C(=O)OC(C)(C)C)CC1. The van der Waals surface area contributed by atoms with E-state index in [0.29, 0.717) is 13.1 Å². The van der Waals surface area contributed by atoms with Gasteiger partial charge < -0.3 is 15.0 Å². The van der Waals surface area contributed by atoms with E-state index in [2.05, 4.69) is 5.32 Å². The fourth-order valence-corrected chi connectivity index (χ4v) is 2.06. The van der Waals surface area contributed by atoms with Crippen molar-refractivity contribution in [2.24, 2.45) is 5.92 Å². The average Bonchev–Trinajstić information content (AvgIpc) is 2.36. The Morgan fingerprint density at radius 2 is 1.85 bits per heavy atom. The van der Waals surface area contributed by atoms with Crippen molar-refractivity contribution >= 4 is 12.0 Å².